The minimum atomic E-state index is -0.801. The van der Waals surface area contributed by atoms with E-state index in [1.807, 2.05) is 26.8 Å². The Bertz CT molecular complexity index is 385. The van der Waals surface area contributed by atoms with Crippen LogP contribution in [0.15, 0.2) is 24.3 Å². The first-order valence-electron chi connectivity index (χ1n) is 6.25. The molecule has 0 aliphatic carbocycles. The first-order valence-corrected chi connectivity index (χ1v) is 6.25. The molecular weight excluding hydrogens is 230 g/mol. The molecule has 0 saturated carbocycles. The highest BCUT2D eigenvalue weighted by Crippen LogP contribution is 2.38. The summed E-state index contributed by atoms with van der Waals surface area (Å²) in [5.41, 5.74) is -0.788. The maximum Gasteiger partial charge on any atom is 0.311 e. The number of nitrogens with zero attached hydrogens (tertiary/aromatic N) is 1. The van der Waals surface area contributed by atoms with Crippen LogP contribution in [0, 0.1) is 11.3 Å². The van der Waals surface area contributed by atoms with Gasteiger partial charge in [0.05, 0.1) is 5.41 Å². The van der Waals surface area contributed by atoms with Gasteiger partial charge in [-0.15, -0.1) is 0 Å². The molecule has 0 radical (unpaired) electrons. The van der Waals surface area contributed by atoms with Crippen molar-refractivity contribution in [2.24, 2.45) is 11.3 Å². The predicted molar refractivity (Wildman–Crippen MR) is 70.1 cm³/mol. The molecule has 0 aromatic carbocycles. The summed E-state index contributed by atoms with van der Waals surface area (Å²) in [5, 5.41) is 9.38. The molecule has 1 heterocycles. The van der Waals surface area contributed by atoms with Crippen molar-refractivity contribution in [1.82, 2.24) is 4.90 Å². The minimum Gasteiger partial charge on any atom is -0.481 e. The number of carboxylic acids is 1. The molecule has 0 bridgehead atoms. The fourth-order valence-corrected chi connectivity index (χ4v) is 2.27. The Morgan fingerprint density at radius 1 is 1.33 bits per heavy atom. The zero-order chi connectivity index (χ0) is 13.8. The number of amides is 1. The van der Waals surface area contributed by atoms with E-state index in [2.05, 4.69) is 0 Å². The van der Waals surface area contributed by atoms with E-state index in [1.165, 1.54) is 6.08 Å². The molecule has 1 aliphatic rings. The molecule has 4 nitrogen and oxygen atoms in total. The normalized spacial score (nSPS) is 24.6. The number of carbonyl (C=O) groups excluding carboxylic acids is 1. The molecule has 1 fully saturated rings. The van der Waals surface area contributed by atoms with Crippen LogP contribution >= 0.6 is 0 Å². The van der Waals surface area contributed by atoms with E-state index < -0.39 is 11.4 Å². The number of allylic oxidation sites excluding steroid dienone is 3. The quantitative estimate of drug-likeness (QED) is 0.614. The zero-order valence-corrected chi connectivity index (χ0v) is 11.2. The van der Waals surface area contributed by atoms with Crippen molar-refractivity contribution in [2.45, 2.75) is 27.2 Å². The van der Waals surface area contributed by atoms with E-state index >= 15 is 0 Å². The summed E-state index contributed by atoms with van der Waals surface area (Å²) in [7, 11) is 0. The van der Waals surface area contributed by atoms with Crippen molar-refractivity contribution in [3.63, 3.8) is 0 Å². The van der Waals surface area contributed by atoms with Crippen molar-refractivity contribution < 1.29 is 14.7 Å². The van der Waals surface area contributed by atoms with E-state index in [1.54, 1.807) is 17.1 Å². The van der Waals surface area contributed by atoms with Gasteiger partial charge >= 0.3 is 5.97 Å². The standard InChI is InChI=1S/C14H21NO3/c1-4-5-6-7-12(16)15-9-8-14(10-15,11(2)3)13(17)18/h4-7,11H,8-10H2,1-3H3,(H,17,18). The molecule has 1 unspecified atom stereocenters. The van der Waals surface area contributed by atoms with E-state index in [-0.39, 0.29) is 11.8 Å². The maximum atomic E-state index is 11.9. The summed E-state index contributed by atoms with van der Waals surface area (Å²) >= 11 is 0. The number of hydrogen-bond acceptors (Lipinski definition) is 2. The van der Waals surface area contributed by atoms with Crippen LogP contribution in [-0.4, -0.2) is 35.0 Å². The molecule has 18 heavy (non-hydrogen) atoms. The van der Waals surface area contributed by atoms with Gasteiger partial charge in [0, 0.05) is 19.2 Å². The second kappa shape index (κ2) is 5.85. The van der Waals surface area contributed by atoms with Gasteiger partial charge < -0.3 is 10.0 Å². The summed E-state index contributed by atoms with van der Waals surface area (Å²) in [6.45, 7) is 6.50. The van der Waals surface area contributed by atoms with Gasteiger partial charge in [0.25, 0.3) is 0 Å². The van der Waals surface area contributed by atoms with Crippen LogP contribution in [0.5, 0.6) is 0 Å². The van der Waals surface area contributed by atoms with Crippen LogP contribution < -0.4 is 0 Å². The van der Waals surface area contributed by atoms with Gasteiger partial charge in [0.15, 0.2) is 0 Å². The number of rotatable bonds is 4. The average Bonchev–Trinajstić information content (AvgIpc) is 2.75. The predicted octanol–water partition coefficient (Wildman–Crippen LogP) is 2.08. The van der Waals surface area contributed by atoms with Crippen LogP contribution in [0.2, 0.25) is 0 Å². The molecule has 1 amide bonds. The molecule has 1 atom stereocenters. The Morgan fingerprint density at radius 3 is 2.44 bits per heavy atom. The summed E-state index contributed by atoms with van der Waals surface area (Å²) in [4.78, 5) is 24.9. The Hall–Kier alpha value is -1.58. The number of carboxylic acid groups (broad SMARTS) is 1. The van der Waals surface area contributed by atoms with E-state index in [4.69, 9.17) is 0 Å². The first-order chi connectivity index (χ1) is 8.44. The van der Waals surface area contributed by atoms with Gasteiger partial charge in [-0.3, -0.25) is 9.59 Å². The molecule has 100 valence electrons. The zero-order valence-electron chi connectivity index (χ0n) is 11.2. The van der Waals surface area contributed by atoms with Crippen molar-refractivity contribution in [1.29, 1.82) is 0 Å². The molecule has 0 aromatic heterocycles. The van der Waals surface area contributed by atoms with Gasteiger partial charge in [0.2, 0.25) is 5.91 Å². The van der Waals surface area contributed by atoms with Crippen molar-refractivity contribution in [3.05, 3.63) is 24.3 Å². The third kappa shape index (κ3) is 2.81. The van der Waals surface area contributed by atoms with Crippen molar-refractivity contribution >= 4 is 11.9 Å². The number of carbonyl (C=O) groups is 2. The fraction of sp³-hybridized carbons (Fsp3) is 0.571. The highest BCUT2D eigenvalue weighted by atomic mass is 16.4. The molecule has 1 N–H and O–H groups in total. The second-order valence-electron chi connectivity index (χ2n) is 5.01. The van der Waals surface area contributed by atoms with Crippen molar-refractivity contribution in [3.8, 4) is 0 Å². The second-order valence-corrected chi connectivity index (χ2v) is 5.01. The number of hydrogen-bond donors (Lipinski definition) is 1. The van der Waals surface area contributed by atoms with E-state index in [0.717, 1.165) is 0 Å². The van der Waals surface area contributed by atoms with Gasteiger partial charge in [-0.2, -0.15) is 0 Å². The van der Waals surface area contributed by atoms with Crippen LogP contribution in [0.25, 0.3) is 0 Å². The van der Waals surface area contributed by atoms with Crippen molar-refractivity contribution in [2.75, 3.05) is 13.1 Å². The third-order valence-corrected chi connectivity index (χ3v) is 3.69. The monoisotopic (exact) mass is 251 g/mol. The largest absolute Gasteiger partial charge is 0.481 e. The lowest BCUT2D eigenvalue weighted by atomic mass is 9.76. The third-order valence-electron chi connectivity index (χ3n) is 3.69. The smallest absolute Gasteiger partial charge is 0.311 e. The SMILES string of the molecule is CC=CC=CC(=O)N1CCC(C(=O)O)(C(C)C)C1. The fourth-order valence-electron chi connectivity index (χ4n) is 2.27. The summed E-state index contributed by atoms with van der Waals surface area (Å²) in [5.74, 6) is -0.894. The first kappa shape index (κ1) is 14.5. The average molecular weight is 251 g/mol. The minimum absolute atomic E-state index is 0.0207. The molecule has 1 rings (SSSR count). The van der Waals surface area contributed by atoms with Crippen LogP contribution in [-0.2, 0) is 9.59 Å². The van der Waals surface area contributed by atoms with Gasteiger partial charge in [-0.05, 0) is 19.3 Å². The summed E-state index contributed by atoms with van der Waals surface area (Å²) in [6.07, 6.45) is 7.31. The van der Waals surface area contributed by atoms with E-state index in [0.29, 0.717) is 19.5 Å². The number of aliphatic carboxylic acids is 1. The van der Waals surface area contributed by atoms with Crippen LogP contribution in [0.4, 0.5) is 0 Å². The lowest BCUT2D eigenvalue weighted by Gasteiger charge is -2.28. The van der Waals surface area contributed by atoms with Gasteiger partial charge in [-0.1, -0.05) is 32.1 Å². The lowest BCUT2D eigenvalue weighted by molar-refractivity contribution is -0.151. The summed E-state index contributed by atoms with van der Waals surface area (Å²) < 4.78 is 0. The highest BCUT2D eigenvalue weighted by molar-refractivity contribution is 5.89. The van der Waals surface area contributed by atoms with Gasteiger partial charge in [-0.25, -0.2) is 0 Å². The Balaban J connectivity index is 2.75. The molecular formula is C14H21NO3. The van der Waals surface area contributed by atoms with Crippen LogP contribution in [0.3, 0.4) is 0 Å². The molecule has 4 heteroatoms. The molecule has 1 saturated heterocycles. The summed E-state index contributed by atoms with van der Waals surface area (Å²) in [6, 6.07) is 0. The number of likely N-dealkylation sites (tertiary alicyclic amines) is 1. The lowest BCUT2D eigenvalue weighted by Crippen LogP contribution is -2.40. The Kier molecular flexibility index (Phi) is 4.70. The maximum absolute atomic E-state index is 11.9. The van der Waals surface area contributed by atoms with E-state index in [9.17, 15) is 14.7 Å². The molecule has 0 aromatic rings. The Morgan fingerprint density at radius 2 is 2.00 bits per heavy atom. The van der Waals surface area contributed by atoms with Gasteiger partial charge in [0.1, 0.15) is 0 Å². The molecule has 1 aliphatic heterocycles. The highest BCUT2D eigenvalue weighted by Gasteiger charge is 2.48. The molecule has 0 spiro atoms. The Labute approximate surface area is 108 Å². The topological polar surface area (TPSA) is 57.6 Å². The van der Waals surface area contributed by atoms with Crippen LogP contribution in [0.1, 0.15) is 27.2 Å².